The molecule has 0 amide bonds. The first kappa shape index (κ1) is 15.6. The van der Waals surface area contributed by atoms with E-state index in [0.717, 1.165) is 11.6 Å². The number of rotatable bonds is 8. The lowest BCUT2D eigenvalue weighted by atomic mass is 10.3. The van der Waals surface area contributed by atoms with Gasteiger partial charge >= 0.3 is 0 Å². The largest absolute Gasteiger partial charge is 0.389 e. The third-order valence-electron chi connectivity index (χ3n) is 2.75. The molecule has 110 valence electrons. The Balaban J connectivity index is 1.64. The van der Waals surface area contributed by atoms with Crippen LogP contribution >= 0.6 is 22.7 Å². The fraction of sp³-hybridized carbons (Fsp3) is 0.500. The molecule has 2 heterocycles. The van der Waals surface area contributed by atoms with E-state index in [1.54, 1.807) is 22.7 Å². The Labute approximate surface area is 127 Å². The van der Waals surface area contributed by atoms with E-state index in [9.17, 15) is 5.11 Å². The molecule has 20 heavy (non-hydrogen) atoms. The fourth-order valence-electron chi connectivity index (χ4n) is 1.91. The second-order valence-corrected chi connectivity index (χ2v) is 7.14. The topological polar surface area (TPSA) is 45.6 Å². The summed E-state index contributed by atoms with van der Waals surface area (Å²) >= 11 is 3.36. The molecule has 0 radical (unpaired) electrons. The van der Waals surface area contributed by atoms with E-state index in [1.165, 1.54) is 9.75 Å². The Kier molecular flexibility index (Phi) is 6.12. The molecule has 0 aliphatic heterocycles. The van der Waals surface area contributed by atoms with Crippen molar-refractivity contribution in [3.05, 3.63) is 38.5 Å². The number of aryl methyl sites for hydroxylation is 1. The van der Waals surface area contributed by atoms with Gasteiger partial charge in [0.25, 0.3) is 0 Å². The normalized spacial score (nSPS) is 13.0. The highest BCUT2D eigenvalue weighted by molar-refractivity contribution is 7.11. The molecule has 2 aromatic heterocycles. The van der Waals surface area contributed by atoms with Crippen LogP contribution < -0.4 is 0 Å². The van der Waals surface area contributed by atoms with E-state index in [1.807, 2.05) is 37.7 Å². The van der Waals surface area contributed by atoms with Crippen LogP contribution in [0, 0.1) is 6.92 Å². The lowest BCUT2D eigenvalue weighted by Crippen LogP contribution is -2.31. The van der Waals surface area contributed by atoms with Crippen molar-refractivity contribution in [2.24, 2.45) is 0 Å². The average Bonchev–Trinajstić information content (AvgIpc) is 3.01. The van der Waals surface area contributed by atoms with Gasteiger partial charge in [0.1, 0.15) is 0 Å². The van der Waals surface area contributed by atoms with Gasteiger partial charge < -0.3 is 9.84 Å². The maximum absolute atomic E-state index is 9.96. The second-order valence-electron chi connectivity index (χ2n) is 4.79. The van der Waals surface area contributed by atoms with Crippen molar-refractivity contribution in [1.82, 2.24) is 9.88 Å². The molecule has 0 aliphatic carbocycles. The van der Waals surface area contributed by atoms with Crippen molar-refractivity contribution >= 4 is 22.7 Å². The zero-order valence-corrected chi connectivity index (χ0v) is 13.4. The van der Waals surface area contributed by atoms with E-state index >= 15 is 0 Å². The van der Waals surface area contributed by atoms with Crippen LogP contribution in [0.2, 0.25) is 0 Å². The summed E-state index contributed by atoms with van der Waals surface area (Å²) in [5.41, 5.74) is 0. The predicted octanol–water partition coefficient (Wildman–Crippen LogP) is 2.52. The first-order valence-electron chi connectivity index (χ1n) is 6.51. The van der Waals surface area contributed by atoms with Crippen molar-refractivity contribution in [1.29, 1.82) is 0 Å². The highest BCUT2D eigenvalue weighted by atomic mass is 32.1. The molecule has 0 unspecified atom stereocenters. The van der Waals surface area contributed by atoms with Crippen LogP contribution in [-0.2, 0) is 17.9 Å². The molecule has 1 N–H and O–H groups in total. The Morgan fingerprint density at radius 2 is 2.30 bits per heavy atom. The number of hydrogen-bond acceptors (Lipinski definition) is 6. The zero-order valence-electron chi connectivity index (χ0n) is 11.8. The van der Waals surface area contributed by atoms with E-state index in [0.29, 0.717) is 19.8 Å². The van der Waals surface area contributed by atoms with Crippen LogP contribution in [0.5, 0.6) is 0 Å². The van der Waals surface area contributed by atoms with E-state index in [4.69, 9.17) is 4.74 Å². The van der Waals surface area contributed by atoms with Crippen molar-refractivity contribution in [2.75, 3.05) is 20.2 Å². The molecule has 2 aromatic rings. The van der Waals surface area contributed by atoms with Gasteiger partial charge in [0, 0.05) is 29.0 Å². The van der Waals surface area contributed by atoms with Gasteiger partial charge in [-0.05, 0) is 25.4 Å². The first-order valence-corrected chi connectivity index (χ1v) is 8.21. The molecular formula is C14H20N2O2S2. The molecule has 2 rings (SSSR count). The first-order chi connectivity index (χ1) is 9.63. The quantitative estimate of drug-likeness (QED) is 0.813. The molecule has 0 saturated heterocycles. The lowest BCUT2D eigenvalue weighted by Gasteiger charge is -2.19. The summed E-state index contributed by atoms with van der Waals surface area (Å²) in [5.74, 6) is 0. The maximum atomic E-state index is 9.96. The van der Waals surface area contributed by atoms with Gasteiger partial charge in [0.15, 0.2) is 0 Å². The molecule has 0 fully saturated rings. The number of aliphatic hydroxyl groups excluding tert-OH is 1. The monoisotopic (exact) mass is 312 g/mol. The number of ether oxygens (including phenoxy) is 1. The summed E-state index contributed by atoms with van der Waals surface area (Å²) in [6, 6.07) is 4.04. The lowest BCUT2D eigenvalue weighted by molar-refractivity contribution is 0.0136. The van der Waals surface area contributed by atoms with Crippen LogP contribution in [0.3, 0.4) is 0 Å². The number of aromatic nitrogens is 1. The number of nitrogens with zero attached hydrogens (tertiary/aromatic N) is 2. The number of thiazole rings is 1. The number of likely N-dealkylation sites (N-methyl/N-ethyl adjacent to an activating group) is 1. The zero-order chi connectivity index (χ0) is 14.4. The molecule has 1 atom stereocenters. The Hall–Kier alpha value is -0.790. The molecule has 0 bridgehead atoms. The third-order valence-corrected chi connectivity index (χ3v) is 4.50. The second kappa shape index (κ2) is 7.85. The van der Waals surface area contributed by atoms with Gasteiger partial charge in [-0.1, -0.05) is 6.07 Å². The van der Waals surface area contributed by atoms with Crippen molar-refractivity contribution in [3.63, 3.8) is 0 Å². The van der Waals surface area contributed by atoms with Crippen LogP contribution in [0.4, 0.5) is 0 Å². The van der Waals surface area contributed by atoms with Gasteiger partial charge in [-0.25, -0.2) is 4.98 Å². The Bertz CT molecular complexity index is 499. The summed E-state index contributed by atoms with van der Waals surface area (Å²) in [7, 11) is 2.00. The van der Waals surface area contributed by atoms with Crippen LogP contribution in [-0.4, -0.2) is 41.3 Å². The summed E-state index contributed by atoms with van der Waals surface area (Å²) in [6.45, 7) is 4.35. The molecule has 0 saturated carbocycles. The van der Waals surface area contributed by atoms with Crippen molar-refractivity contribution in [2.45, 2.75) is 26.2 Å². The van der Waals surface area contributed by atoms with Crippen LogP contribution in [0.1, 0.15) is 14.8 Å². The number of hydrogen-bond donors (Lipinski definition) is 1. The van der Waals surface area contributed by atoms with Crippen LogP contribution in [0.15, 0.2) is 23.7 Å². The van der Waals surface area contributed by atoms with Crippen molar-refractivity contribution < 1.29 is 9.84 Å². The van der Waals surface area contributed by atoms with Gasteiger partial charge in [0.2, 0.25) is 0 Å². The molecule has 6 heteroatoms. The Morgan fingerprint density at radius 1 is 1.45 bits per heavy atom. The predicted molar refractivity (Wildman–Crippen MR) is 83.2 cm³/mol. The van der Waals surface area contributed by atoms with E-state index in [2.05, 4.69) is 9.88 Å². The average molecular weight is 312 g/mol. The van der Waals surface area contributed by atoms with E-state index < -0.39 is 6.10 Å². The molecule has 0 aromatic carbocycles. The van der Waals surface area contributed by atoms with Crippen LogP contribution in [0.25, 0.3) is 0 Å². The van der Waals surface area contributed by atoms with Crippen molar-refractivity contribution in [3.8, 4) is 0 Å². The molecule has 0 spiro atoms. The maximum Gasteiger partial charge on any atom is 0.0900 e. The number of aliphatic hydroxyl groups is 1. The van der Waals surface area contributed by atoms with Gasteiger partial charge in [-0.3, -0.25) is 4.90 Å². The minimum absolute atomic E-state index is 0.365. The molecule has 0 aliphatic rings. The third kappa shape index (κ3) is 5.30. The minimum Gasteiger partial charge on any atom is -0.389 e. The number of thiophene rings is 1. The minimum atomic E-state index is -0.464. The van der Waals surface area contributed by atoms with Gasteiger partial charge in [-0.15, -0.1) is 22.7 Å². The smallest absolute Gasteiger partial charge is 0.0900 e. The van der Waals surface area contributed by atoms with Gasteiger partial charge in [-0.2, -0.15) is 0 Å². The summed E-state index contributed by atoms with van der Waals surface area (Å²) < 4.78 is 5.52. The van der Waals surface area contributed by atoms with E-state index in [-0.39, 0.29) is 0 Å². The van der Waals surface area contributed by atoms with Gasteiger partial charge in [0.05, 0.1) is 24.3 Å². The highest BCUT2D eigenvalue weighted by Gasteiger charge is 2.10. The fourth-order valence-corrected chi connectivity index (χ4v) is 3.43. The molecular weight excluding hydrogens is 292 g/mol. The summed E-state index contributed by atoms with van der Waals surface area (Å²) in [6.07, 6.45) is 1.44. The standard InChI is InChI=1S/C14H20N2O2S2/c1-11-15-6-14(20-11)8-16(2)7-12(17)9-18-10-13-4-3-5-19-13/h3-6,12,17H,7-10H2,1-2H3/t12-/m0/s1. The Morgan fingerprint density at radius 3 is 2.95 bits per heavy atom. The molecule has 4 nitrogen and oxygen atoms in total. The highest BCUT2D eigenvalue weighted by Crippen LogP contribution is 2.13. The SMILES string of the molecule is Cc1ncc(CN(C)C[C@H](O)COCc2cccs2)s1. The summed E-state index contributed by atoms with van der Waals surface area (Å²) in [5, 5.41) is 13.1. The summed E-state index contributed by atoms with van der Waals surface area (Å²) in [4.78, 5) is 8.73.